The molecule has 1 atom stereocenters. The molecule has 0 saturated heterocycles. The minimum Gasteiger partial charge on any atom is -0.479 e. The van der Waals surface area contributed by atoms with Crippen molar-refractivity contribution in [3.63, 3.8) is 0 Å². The molecule has 0 saturated carbocycles. The highest BCUT2D eigenvalue weighted by molar-refractivity contribution is 5.75. The zero-order valence-corrected chi connectivity index (χ0v) is 17.7. The molecule has 0 aromatic carbocycles. The van der Waals surface area contributed by atoms with Gasteiger partial charge in [0, 0.05) is 12.8 Å². The molecule has 0 spiro atoms. The van der Waals surface area contributed by atoms with E-state index in [4.69, 9.17) is 4.74 Å². The van der Waals surface area contributed by atoms with Crippen LogP contribution in [0.5, 0.6) is 0 Å². The van der Waals surface area contributed by atoms with Crippen molar-refractivity contribution in [1.29, 1.82) is 0 Å². The van der Waals surface area contributed by atoms with E-state index in [1.54, 1.807) is 0 Å². The van der Waals surface area contributed by atoms with Gasteiger partial charge in [-0.1, -0.05) is 110 Å². The van der Waals surface area contributed by atoms with Gasteiger partial charge in [0.15, 0.2) is 6.23 Å². The number of hydrogen-bond donors (Lipinski definition) is 1. The van der Waals surface area contributed by atoms with E-state index in [1.165, 1.54) is 89.7 Å². The summed E-state index contributed by atoms with van der Waals surface area (Å²) in [4.78, 5) is 11.8. The van der Waals surface area contributed by atoms with E-state index in [1.807, 2.05) is 6.92 Å². The van der Waals surface area contributed by atoms with Gasteiger partial charge in [-0.15, -0.1) is 0 Å². The van der Waals surface area contributed by atoms with Gasteiger partial charge in [0.2, 0.25) is 5.91 Å². The van der Waals surface area contributed by atoms with Crippen LogP contribution in [0.15, 0.2) is 12.8 Å². The van der Waals surface area contributed by atoms with Gasteiger partial charge in [0.25, 0.3) is 0 Å². The highest BCUT2D eigenvalue weighted by atomic mass is 16.5. The van der Waals surface area contributed by atoms with E-state index in [0.717, 1.165) is 19.3 Å². The van der Waals surface area contributed by atoms with Crippen LogP contribution in [0.25, 0.3) is 0 Å². The van der Waals surface area contributed by atoms with E-state index >= 15 is 0 Å². The van der Waals surface area contributed by atoms with Crippen LogP contribution >= 0.6 is 0 Å². The molecule has 0 rings (SSSR count). The van der Waals surface area contributed by atoms with Gasteiger partial charge in [0.1, 0.15) is 0 Å². The predicted octanol–water partition coefficient (Wildman–Crippen LogP) is 7.26. The van der Waals surface area contributed by atoms with Crippen LogP contribution in [0.1, 0.15) is 123 Å². The lowest BCUT2D eigenvalue weighted by atomic mass is 10.0. The highest BCUT2D eigenvalue weighted by Gasteiger charge is 2.08. The van der Waals surface area contributed by atoms with E-state index in [0.29, 0.717) is 6.42 Å². The molecule has 0 aromatic heterocycles. The third-order valence-electron chi connectivity index (χ3n) is 4.96. The van der Waals surface area contributed by atoms with Crippen LogP contribution in [-0.4, -0.2) is 12.1 Å². The third kappa shape index (κ3) is 17.8. The zero-order valence-electron chi connectivity index (χ0n) is 17.7. The molecule has 154 valence electrons. The van der Waals surface area contributed by atoms with Crippen LogP contribution in [0.3, 0.4) is 0 Å². The quantitative estimate of drug-likeness (QED) is 0.140. The van der Waals surface area contributed by atoms with E-state index in [9.17, 15) is 4.79 Å². The number of amides is 1. The summed E-state index contributed by atoms with van der Waals surface area (Å²) in [6.45, 7) is 7.79. The summed E-state index contributed by atoms with van der Waals surface area (Å²) in [5, 5.41) is 2.88. The molecule has 0 aromatic rings. The lowest BCUT2D eigenvalue weighted by Gasteiger charge is -2.16. The molecular formula is C23H45NO2. The first-order valence-electron chi connectivity index (χ1n) is 11.3. The SMILES string of the molecule is C=COC(CC)NC(=O)CCCCCCCCCCCCCCCCC. The number of rotatable bonds is 20. The fourth-order valence-electron chi connectivity index (χ4n) is 3.26. The zero-order chi connectivity index (χ0) is 19.3. The van der Waals surface area contributed by atoms with E-state index < -0.39 is 0 Å². The molecule has 1 N–H and O–H groups in total. The Morgan fingerprint density at radius 3 is 1.62 bits per heavy atom. The molecular weight excluding hydrogens is 322 g/mol. The van der Waals surface area contributed by atoms with Crippen molar-refractivity contribution in [2.75, 3.05) is 0 Å². The topological polar surface area (TPSA) is 38.3 Å². The number of carbonyl (C=O) groups is 1. The van der Waals surface area contributed by atoms with Gasteiger partial charge in [-0.25, -0.2) is 0 Å². The minimum absolute atomic E-state index is 0.0911. The summed E-state index contributed by atoms with van der Waals surface area (Å²) in [6.07, 6.45) is 22.7. The van der Waals surface area contributed by atoms with Gasteiger partial charge in [-0.05, 0) is 6.42 Å². The van der Waals surface area contributed by atoms with E-state index in [-0.39, 0.29) is 12.1 Å². The second kappa shape index (κ2) is 20.3. The second-order valence-corrected chi connectivity index (χ2v) is 7.47. The van der Waals surface area contributed by atoms with Gasteiger partial charge in [-0.3, -0.25) is 4.79 Å². The molecule has 0 aliphatic heterocycles. The summed E-state index contributed by atoms with van der Waals surface area (Å²) in [6, 6.07) is 0. The van der Waals surface area contributed by atoms with Crippen LogP contribution in [0.2, 0.25) is 0 Å². The predicted molar refractivity (Wildman–Crippen MR) is 113 cm³/mol. The first-order chi connectivity index (χ1) is 12.7. The maximum Gasteiger partial charge on any atom is 0.222 e. The maximum atomic E-state index is 11.8. The average molecular weight is 368 g/mol. The summed E-state index contributed by atoms with van der Waals surface area (Å²) in [7, 11) is 0. The van der Waals surface area contributed by atoms with Crippen molar-refractivity contribution < 1.29 is 9.53 Å². The van der Waals surface area contributed by atoms with Gasteiger partial charge < -0.3 is 10.1 Å². The first kappa shape index (κ1) is 25.0. The maximum absolute atomic E-state index is 11.8. The van der Waals surface area contributed by atoms with E-state index in [2.05, 4.69) is 18.8 Å². The third-order valence-corrected chi connectivity index (χ3v) is 4.96. The molecule has 0 bridgehead atoms. The Hall–Kier alpha value is -0.990. The summed E-state index contributed by atoms with van der Waals surface area (Å²) in [5.74, 6) is 0.0911. The van der Waals surface area contributed by atoms with Crippen molar-refractivity contribution in [3.8, 4) is 0 Å². The Labute approximate surface area is 163 Å². The Balaban J connectivity index is 3.24. The molecule has 1 unspecified atom stereocenters. The summed E-state index contributed by atoms with van der Waals surface area (Å²) < 4.78 is 5.22. The van der Waals surface area contributed by atoms with Crippen LogP contribution in [0, 0.1) is 0 Å². The molecule has 0 radical (unpaired) electrons. The number of unbranched alkanes of at least 4 members (excludes halogenated alkanes) is 14. The summed E-state index contributed by atoms with van der Waals surface area (Å²) in [5.41, 5.74) is 0. The standard InChI is InChI=1S/C23H45NO2/c1-4-7-8-9-10-11-12-13-14-15-16-17-18-19-20-21-22(25)24-23(5-2)26-6-3/h6,23H,3-5,7-21H2,1-2H3,(H,24,25). The Kier molecular flexibility index (Phi) is 19.5. The van der Waals surface area contributed by atoms with Crippen molar-refractivity contribution in [1.82, 2.24) is 5.32 Å². The molecule has 3 heteroatoms. The van der Waals surface area contributed by atoms with Gasteiger partial charge in [0.05, 0.1) is 6.26 Å². The van der Waals surface area contributed by atoms with Crippen LogP contribution < -0.4 is 5.32 Å². The number of hydrogen-bond acceptors (Lipinski definition) is 2. The van der Waals surface area contributed by atoms with Gasteiger partial charge in [-0.2, -0.15) is 0 Å². The fraction of sp³-hybridized carbons (Fsp3) is 0.870. The molecule has 1 amide bonds. The molecule has 3 nitrogen and oxygen atoms in total. The lowest BCUT2D eigenvalue weighted by molar-refractivity contribution is -0.124. The average Bonchev–Trinajstić information content (AvgIpc) is 2.64. The van der Waals surface area contributed by atoms with Crippen LogP contribution in [-0.2, 0) is 9.53 Å². The molecule has 0 aliphatic rings. The second-order valence-electron chi connectivity index (χ2n) is 7.47. The van der Waals surface area contributed by atoms with Crippen molar-refractivity contribution >= 4 is 5.91 Å². The van der Waals surface area contributed by atoms with Crippen molar-refractivity contribution in [2.45, 2.75) is 129 Å². The van der Waals surface area contributed by atoms with Crippen molar-refractivity contribution in [3.05, 3.63) is 12.8 Å². The Bertz CT molecular complexity index is 317. The Morgan fingerprint density at radius 2 is 1.23 bits per heavy atom. The molecule has 0 fully saturated rings. The van der Waals surface area contributed by atoms with Crippen LogP contribution in [0.4, 0.5) is 0 Å². The molecule has 26 heavy (non-hydrogen) atoms. The first-order valence-corrected chi connectivity index (χ1v) is 11.3. The Morgan fingerprint density at radius 1 is 0.808 bits per heavy atom. The minimum atomic E-state index is -0.226. The number of ether oxygens (including phenoxy) is 1. The smallest absolute Gasteiger partial charge is 0.222 e. The highest BCUT2D eigenvalue weighted by Crippen LogP contribution is 2.13. The number of nitrogens with one attached hydrogen (secondary N) is 1. The lowest BCUT2D eigenvalue weighted by Crippen LogP contribution is -2.35. The molecule has 0 heterocycles. The van der Waals surface area contributed by atoms with Gasteiger partial charge >= 0.3 is 0 Å². The summed E-state index contributed by atoms with van der Waals surface area (Å²) >= 11 is 0. The molecule has 0 aliphatic carbocycles. The number of carbonyl (C=O) groups excluding carboxylic acids is 1. The monoisotopic (exact) mass is 367 g/mol. The largest absolute Gasteiger partial charge is 0.479 e. The fourth-order valence-corrected chi connectivity index (χ4v) is 3.26. The normalized spacial score (nSPS) is 11.9. The van der Waals surface area contributed by atoms with Crippen molar-refractivity contribution in [2.24, 2.45) is 0 Å².